The maximum absolute atomic E-state index is 11.7. The molecule has 126 valence electrons. The van der Waals surface area contributed by atoms with Gasteiger partial charge in [0.2, 0.25) is 0 Å². The largest absolute Gasteiger partial charge is 0.481 e. The van der Waals surface area contributed by atoms with Crippen LogP contribution in [0.5, 0.6) is 0 Å². The van der Waals surface area contributed by atoms with E-state index >= 15 is 0 Å². The Hall–Kier alpha value is -2.04. The lowest BCUT2D eigenvalue weighted by Gasteiger charge is -2.23. The van der Waals surface area contributed by atoms with Crippen molar-refractivity contribution in [3.63, 3.8) is 0 Å². The summed E-state index contributed by atoms with van der Waals surface area (Å²) in [4.78, 5) is 11.7. The molecular weight excluding hydrogens is 326 g/mol. The van der Waals surface area contributed by atoms with Crippen LogP contribution in [0.3, 0.4) is 0 Å². The predicted molar refractivity (Wildman–Crippen MR) is 94.3 cm³/mol. The van der Waals surface area contributed by atoms with Crippen LogP contribution < -0.4 is 5.32 Å². The van der Waals surface area contributed by atoms with Gasteiger partial charge in [0, 0.05) is 13.6 Å². The zero-order valence-corrected chi connectivity index (χ0v) is 13.7. The summed E-state index contributed by atoms with van der Waals surface area (Å²) in [6, 6.07) is 14.6. The average molecular weight is 349 g/mol. The SMILES string of the molecule is [2H]C([2H])([2H])OC(c1ccc(Cl)c(NCc2ccccc2)c1)C1(C(=O)O)CC1. The molecule has 2 aromatic rings. The molecule has 0 heterocycles. The number of nitrogens with one attached hydrogen (secondary N) is 1. The van der Waals surface area contributed by atoms with E-state index in [1.54, 1.807) is 18.2 Å². The molecule has 1 aliphatic carbocycles. The maximum atomic E-state index is 11.7. The first-order valence-electron chi connectivity index (χ1n) is 9.20. The number of aliphatic carboxylic acids is 1. The molecule has 0 spiro atoms. The Morgan fingerprint density at radius 1 is 1.38 bits per heavy atom. The maximum Gasteiger partial charge on any atom is 0.312 e. The predicted octanol–water partition coefficient (Wildman–Crippen LogP) is 4.50. The van der Waals surface area contributed by atoms with Crippen molar-refractivity contribution >= 4 is 23.3 Å². The summed E-state index contributed by atoms with van der Waals surface area (Å²) in [7, 11) is -2.70. The van der Waals surface area contributed by atoms with Gasteiger partial charge in [-0.3, -0.25) is 4.79 Å². The topological polar surface area (TPSA) is 58.6 Å². The molecule has 0 radical (unpaired) electrons. The van der Waals surface area contributed by atoms with Gasteiger partial charge in [0.05, 0.1) is 26.3 Å². The van der Waals surface area contributed by atoms with Gasteiger partial charge >= 0.3 is 5.97 Å². The molecule has 0 aromatic heterocycles. The van der Waals surface area contributed by atoms with Gasteiger partial charge < -0.3 is 15.2 Å². The quantitative estimate of drug-likeness (QED) is 0.773. The van der Waals surface area contributed by atoms with Crippen LogP contribution in [0.15, 0.2) is 48.5 Å². The summed E-state index contributed by atoms with van der Waals surface area (Å²) in [5.74, 6) is -1.05. The Kier molecular flexibility index (Phi) is 3.78. The lowest BCUT2D eigenvalue weighted by Crippen LogP contribution is -2.25. The van der Waals surface area contributed by atoms with Crippen molar-refractivity contribution in [3.05, 3.63) is 64.7 Å². The zero-order chi connectivity index (χ0) is 19.7. The molecular formula is C19H20ClNO3. The van der Waals surface area contributed by atoms with Crippen LogP contribution in [0.2, 0.25) is 5.02 Å². The van der Waals surface area contributed by atoms with E-state index in [4.69, 9.17) is 20.5 Å². The minimum absolute atomic E-state index is 0.373. The Morgan fingerprint density at radius 3 is 2.75 bits per heavy atom. The highest BCUT2D eigenvalue weighted by Crippen LogP contribution is 2.56. The summed E-state index contributed by atoms with van der Waals surface area (Å²) in [5, 5.41) is 13.3. The van der Waals surface area contributed by atoms with Gasteiger partial charge in [0.25, 0.3) is 0 Å². The van der Waals surface area contributed by atoms with Crippen LogP contribution in [0.4, 0.5) is 5.69 Å². The number of hydrogen-bond acceptors (Lipinski definition) is 3. The first-order valence-corrected chi connectivity index (χ1v) is 8.07. The molecule has 3 rings (SSSR count). The summed E-state index contributed by atoms with van der Waals surface area (Å²) in [6.07, 6.45) is -0.325. The van der Waals surface area contributed by atoms with Gasteiger partial charge in [-0.05, 0) is 36.1 Å². The van der Waals surface area contributed by atoms with Crippen LogP contribution in [0.25, 0.3) is 0 Å². The lowest BCUT2D eigenvalue weighted by molar-refractivity contribution is -0.149. The van der Waals surface area contributed by atoms with Crippen molar-refractivity contribution in [1.82, 2.24) is 0 Å². The third kappa shape index (κ3) is 3.25. The van der Waals surface area contributed by atoms with Crippen LogP contribution >= 0.6 is 11.6 Å². The normalized spacial score (nSPS) is 18.8. The second kappa shape index (κ2) is 6.83. The Labute approximate surface area is 150 Å². The number of methoxy groups -OCH3 is 1. The molecule has 1 atom stereocenters. The standard InChI is InChI=1S/C19H20ClNO3/c1-24-17(19(9-10-19)18(22)23)14-7-8-15(20)16(11-14)21-12-13-5-3-2-4-6-13/h2-8,11,17,21H,9-10,12H2,1H3,(H,22,23)/i1D3. The molecule has 0 amide bonds. The second-order valence-corrected chi connectivity index (χ2v) is 6.44. The summed E-state index contributed by atoms with van der Waals surface area (Å²) >= 11 is 6.26. The summed E-state index contributed by atoms with van der Waals surface area (Å²) in [5.41, 5.74) is 0.918. The Balaban J connectivity index is 1.88. The van der Waals surface area contributed by atoms with Crippen LogP contribution in [0, 0.1) is 5.41 Å². The fourth-order valence-electron chi connectivity index (χ4n) is 2.86. The van der Waals surface area contributed by atoms with Crippen molar-refractivity contribution in [2.24, 2.45) is 5.41 Å². The first-order chi connectivity index (χ1) is 12.7. The van der Waals surface area contributed by atoms with Crippen LogP contribution in [0.1, 0.15) is 34.2 Å². The number of halogens is 1. The highest BCUT2D eigenvalue weighted by Gasteiger charge is 2.57. The van der Waals surface area contributed by atoms with E-state index in [1.807, 2.05) is 30.3 Å². The van der Waals surface area contributed by atoms with E-state index in [0.717, 1.165) is 5.56 Å². The molecule has 24 heavy (non-hydrogen) atoms. The smallest absolute Gasteiger partial charge is 0.312 e. The number of rotatable bonds is 7. The highest BCUT2D eigenvalue weighted by atomic mass is 35.5. The first kappa shape index (κ1) is 13.3. The van der Waals surface area contributed by atoms with Gasteiger partial charge in [-0.2, -0.15) is 0 Å². The van der Waals surface area contributed by atoms with Crippen molar-refractivity contribution in [2.75, 3.05) is 12.4 Å². The molecule has 5 heteroatoms. The monoisotopic (exact) mass is 348 g/mol. The number of ether oxygens (including phenoxy) is 1. The van der Waals surface area contributed by atoms with Crippen molar-refractivity contribution in [2.45, 2.75) is 25.5 Å². The van der Waals surface area contributed by atoms with E-state index in [1.165, 1.54) is 0 Å². The summed E-state index contributed by atoms with van der Waals surface area (Å²) < 4.78 is 27.5. The minimum Gasteiger partial charge on any atom is -0.481 e. The molecule has 1 fully saturated rings. The molecule has 0 aliphatic heterocycles. The molecule has 1 saturated carbocycles. The van der Waals surface area contributed by atoms with Crippen LogP contribution in [-0.4, -0.2) is 18.1 Å². The van der Waals surface area contributed by atoms with E-state index in [-0.39, 0.29) is 0 Å². The number of anilines is 1. The molecule has 0 saturated heterocycles. The molecule has 2 N–H and O–H groups in total. The number of benzene rings is 2. The Bertz CT molecular complexity index is 823. The number of carboxylic acids is 1. The molecule has 1 unspecified atom stereocenters. The molecule has 4 nitrogen and oxygen atoms in total. The highest BCUT2D eigenvalue weighted by molar-refractivity contribution is 6.33. The minimum atomic E-state index is -2.70. The number of carbonyl (C=O) groups is 1. The molecule has 2 aromatic carbocycles. The van der Waals surface area contributed by atoms with Crippen molar-refractivity contribution < 1.29 is 18.8 Å². The molecule has 1 aliphatic rings. The summed E-state index contributed by atoms with van der Waals surface area (Å²) in [6.45, 7) is 0.527. The van der Waals surface area contributed by atoms with E-state index in [9.17, 15) is 9.90 Å². The van der Waals surface area contributed by atoms with Gasteiger partial charge in [0.1, 0.15) is 0 Å². The lowest BCUT2D eigenvalue weighted by atomic mass is 9.92. The third-order valence-electron chi connectivity index (χ3n) is 4.45. The third-order valence-corrected chi connectivity index (χ3v) is 4.78. The van der Waals surface area contributed by atoms with Crippen LogP contribution in [-0.2, 0) is 16.1 Å². The Morgan fingerprint density at radius 2 is 2.12 bits per heavy atom. The number of carboxylic acid groups (broad SMARTS) is 1. The molecule has 0 bridgehead atoms. The second-order valence-electron chi connectivity index (χ2n) is 6.04. The van der Waals surface area contributed by atoms with Gasteiger partial charge in [-0.15, -0.1) is 0 Å². The average Bonchev–Trinajstić information content (AvgIpc) is 3.41. The zero-order valence-electron chi connectivity index (χ0n) is 16.0. The van der Waals surface area contributed by atoms with E-state index in [2.05, 4.69) is 5.32 Å². The van der Waals surface area contributed by atoms with E-state index in [0.29, 0.717) is 35.7 Å². The van der Waals surface area contributed by atoms with Crippen molar-refractivity contribution in [1.29, 1.82) is 0 Å². The van der Waals surface area contributed by atoms with E-state index < -0.39 is 24.5 Å². The fraction of sp³-hybridized carbons (Fsp3) is 0.316. The fourth-order valence-corrected chi connectivity index (χ4v) is 3.04. The van der Waals surface area contributed by atoms with Crippen molar-refractivity contribution in [3.8, 4) is 0 Å². The van der Waals surface area contributed by atoms with Gasteiger partial charge in [0.15, 0.2) is 0 Å². The van der Waals surface area contributed by atoms with Gasteiger partial charge in [-0.25, -0.2) is 0 Å². The van der Waals surface area contributed by atoms with Gasteiger partial charge in [-0.1, -0.05) is 48.0 Å². The number of hydrogen-bond donors (Lipinski definition) is 2.